The molecule has 3 aromatic rings. The molecule has 0 aliphatic rings. The summed E-state index contributed by atoms with van der Waals surface area (Å²) in [6.45, 7) is 7.13. The summed E-state index contributed by atoms with van der Waals surface area (Å²) in [7, 11) is 0. The normalized spacial score (nSPS) is 10.9. The fourth-order valence-electron chi connectivity index (χ4n) is 2.37. The lowest BCUT2D eigenvalue weighted by Crippen LogP contribution is -2.01. The lowest BCUT2D eigenvalue weighted by atomic mass is 10.2. The van der Waals surface area contributed by atoms with Crippen molar-refractivity contribution in [1.82, 2.24) is 24.1 Å². The third-order valence-corrected chi connectivity index (χ3v) is 4.00. The van der Waals surface area contributed by atoms with E-state index in [4.69, 9.17) is 0 Å². The summed E-state index contributed by atoms with van der Waals surface area (Å²) in [4.78, 5) is 8.80. The fraction of sp³-hybridized carbons (Fsp3) is 0.333. The van der Waals surface area contributed by atoms with Crippen molar-refractivity contribution in [2.24, 2.45) is 0 Å². The molecule has 0 fully saturated rings. The van der Waals surface area contributed by atoms with Gasteiger partial charge in [-0.1, -0.05) is 13.0 Å². The lowest BCUT2D eigenvalue weighted by molar-refractivity contribution is 0.583. The number of aromatic nitrogens is 5. The van der Waals surface area contributed by atoms with Gasteiger partial charge in [0.1, 0.15) is 5.82 Å². The average Bonchev–Trinajstić information content (AvgIpc) is 3.06. The van der Waals surface area contributed by atoms with Crippen LogP contribution in [0.4, 0.5) is 10.9 Å². The number of nitrogens with one attached hydrogen (secondary N) is 1. The summed E-state index contributed by atoms with van der Waals surface area (Å²) in [6, 6.07) is 5.71. The van der Waals surface area contributed by atoms with Gasteiger partial charge in [0, 0.05) is 30.0 Å². The van der Waals surface area contributed by atoms with Gasteiger partial charge < -0.3 is 5.32 Å². The maximum absolute atomic E-state index is 4.58. The third kappa shape index (κ3) is 2.85. The van der Waals surface area contributed by atoms with Crippen molar-refractivity contribution < 1.29 is 0 Å². The number of nitrogens with zero attached hydrogens (tertiary/aromatic N) is 5. The van der Waals surface area contributed by atoms with Crippen molar-refractivity contribution in [3.63, 3.8) is 0 Å². The molecule has 0 aromatic carbocycles. The molecule has 6 nitrogen and oxygen atoms in total. The Hall–Kier alpha value is -2.28. The van der Waals surface area contributed by atoms with E-state index in [9.17, 15) is 0 Å². The van der Waals surface area contributed by atoms with Crippen molar-refractivity contribution in [3.8, 4) is 11.4 Å². The Morgan fingerprint density at radius 2 is 2.14 bits per heavy atom. The van der Waals surface area contributed by atoms with Crippen LogP contribution >= 0.6 is 11.5 Å². The van der Waals surface area contributed by atoms with Gasteiger partial charge in [0.15, 0.2) is 5.82 Å². The number of anilines is 2. The second kappa shape index (κ2) is 6.23. The van der Waals surface area contributed by atoms with Gasteiger partial charge in [-0.25, -0.2) is 4.98 Å². The van der Waals surface area contributed by atoms with E-state index in [-0.39, 0.29) is 0 Å². The first-order valence-corrected chi connectivity index (χ1v) is 8.02. The van der Waals surface area contributed by atoms with E-state index < -0.39 is 0 Å². The van der Waals surface area contributed by atoms with Crippen molar-refractivity contribution in [1.29, 1.82) is 0 Å². The predicted octanol–water partition coefficient (Wildman–Crippen LogP) is 3.57. The molecular weight excluding hydrogens is 296 g/mol. The summed E-state index contributed by atoms with van der Waals surface area (Å²) < 4.78 is 6.49. The number of rotatable bonds is 5. The highest BCUT2D eigenvalue weighted by atomic mass is 32.1. The predicted molar refractivity (Wildman–Crippen MR) is 88.4 cm³/mol. The summed E-state index contributed by atoms with van der Waals surface area (Å²) in [6.07, 6.45) is 2.80. The molecule has 0 unspecified atom stereocenters. The Kier molecular flexibility index (Phi) is 4.15. The molecule has 0 amide bonds. The van der Waals surface area contributed by atoms with Crippen LogP contribution in [0.25, 0.3) is 11.4 Å². The Balaban J connectivity index is 1.88. The summed E-state index contributed by atoms with van der Waals surface area (Å²) in [5, 5.41) is 8.48. The molecule has 0 radical (unpaired) electrons. The van der Waals surface area contributed by atoms with Gasteiger partial charge in [-0.15, -0.1) is 0 Å². The number of hydrogen-bond donors (Lipinski definition) is 1. The highest BCUT2D eigenvalue weighted by Gasteiger charge is 2.17. The molecule has 22 heavy (non-hydrogen) atoms. The number of hydrogen-bond acceptors (Lipinski definition) is 6. The maximum atomic E-state index is 4.58. The van der Waals surface area contributed by atoms with E-state index in [0.29, 0.717) is 0 Å². The zero-order valence-electron chi connectivity index (χ0n) is 12.9. The van der Waals surface area contributed by atoms with Gasteiger partial charge in [0.25, 0.3) is 0 Å². The van der Waals surface area contributed by atoms with Crippen molar-refractivity contribution in [2.45, 2.75) is 33.7 Å². The van der Waals surface area contributed by atoms with E-state index in [1.54, 1.807) is 6.20 Å². The molecule has 0 saturated heterocycles. The van der Waals surface area contributed by atoms with Crippen molar-refractivity contribution in [2.75, 3.05) is 5.32 Å². The van der Waals surface area contributed by atoms with E-state index in [1.807, 2.05) is 29.8 Å². The van der Waals surface area contributed by atoms with Crippen LogP contribution in [0.15, 0.2) is 24.4 Å². The molecule has 0 bridgehead atoms. The Morgan fingerprint density at radius 1 is 1.27 bits per heavy atom. The smallest absolute Gasteiger partial charge is 0.208 e. The third-order valence-electron chi connectivity index (χ3n) is 3.37. The first-order chi connectivity index (χ1) is 10.7. The quantitative estimate of drug-likeness (QED) is 0.779. The van der Waals surface area contributed by atoms with E-state index in [0.717, 1.165) is 46.7 Å². The maximum Gasteiger partial charge on any atom is 0.208 e. The SMILES string of the molecule is CCCn1nc(C)c(-c2nsc(Nc3ccccn3)n2)c1C. The monoisotopic (exact) mass is 314 g/mol. The van der Waals surface area contributed by atoms with Crippen LogP contribution in [0.5, 0.6) is 0 Å². The van der Waals surface area contributed by atoms with E-state index in [1.165, 1.54) is 11.5 Å². The molecule has 0 atom stereocenters. The van der Waals surface area contributed by atoms with Gasteiger partial charge >= 0.3 is 0 Å². The summed E-state index contributed by atoms with van der Waals surface area (Å²) in [5.74, 6) is 1.49. The molecule has 3 rings (SSSR count). The molecule has 0 saturated carbocycles. The highest BCUT2D eigenvalue weighted by Crippen LogP contribution is 2.28. The first-order valence-electron chi connectivity index (χ1n) is 7.25. The van der Waals surface area contributed by atoms with Gasteiger partial charge in [-0.3, -0.25) is 4.68 Å². The van der Waals surface area contributed by atoms with Crippen LogP contribution < -0.4 is 5.32 Å². The Bertz CT molecular complexity index is 762. The minimum absolute atomic E-state index is 0.723. The fourth-order valence-corrected chi connectivity index (χ4v) is 2.95. The molecular formula is C15H18N6S. The Morgan fingerprint density at radius 3 is 2.86 bits per heavy atom. The van der Waals surface area contributed by atoms with Crippen LogP contribution in [-0.4, -0.2) is 24.1 Å². The van der Waals surface area contributed by atoms with Crippen LogP contribution in [-0.2, 0) is 6.54 Å². The van der Waals surface area contributed by atoms with Crippen LogP contribution in [0.3, 0.4) is 0 Å². The second-order valence-corrected chi connectivity index (χ2v) is 5.78. The minimum atomic E-state index is 0.723. The summed E-state index contributed by atoms with van der Waals surface area (Å²) >= 11 is 1.33. The topological polar surface area (TPSA) is 68.5 Å². The molecule has 114 valence electrons. The molecule has 3 heterocycles. The standard InChI is InChI=1S/C15H18N6S/c1-4-9-21-11(3)13(10(2)19-21)14-18-15(22-20-14)17-12-7-5-6-8-16-12/h5-8H,4,9H2,1-3H3,(H,16,17,18,20). The van der Waals surface area contributed by atoms with Gasteiger partial charge in [-0.05, 0) is 32.4 Å². The van der Waals surface area contributed by atoms with Crippen molar-refractivity contribution in [3.05, 3.63) is 35.8 Å². The molecule has 7 heteroatoms. The number of aryl methyl sites for hydroxylation is 2. The summed E-state index contributed by atoms with van der Waals surface area (Å²) in [5.41, 5.74) is 3.11. The molecule has 3 aromatic heterocycles. The molecule has 0 aliphatic carbocycles. The second-order valence-electron chi connectivity index (χ2n) is 5.03. The highest BCUT2D eigenvalue weighted by molar-refractivity contribution is 7.09. The minimum Gasteiger partial charge on any atom is -0.315 e. The molecule has 0 aliphatic heterocycles. The first kappa shape index (κ1) is 14.6. The van der Waals surface area contributed by atoms with Gasteiger partial charge in [0.2, 0.25) is 5.13 Å². The van der Waals surface area contributed by atoms with Crippen molar-refractivity contribution >= 4 is 22.5 Å². The largest absolute Gasteiger partial charge is 0.315 e. The Labute approximate surface area is 133 Å². The van der Waals surface area contributed by atoms with Gasteiger partial charge in [0.05, 0.1) is 11.3 Å². The van der Waals surface area contributed by atoms with Crippen LogP contribution in [0.2, 0.25) is 0 Å². The van der Waals surface area contributed by atoms with Crippen LogP contribution in [0.1, 0.15) is 24.7 Å². The number of pyridine rings is 1. The van der Waals surface area contributed by atoms with E-state index in [2.05, 4.69) is 38.6 Å². The van der Waals surface area contributed by atoms with Crippen LogP contribution in [0, 0.1) is 13.8 Å². The lowest BCUT2D eigenvalue weighted by Gasteiger charge is -2.01. The zero-order valence-corrected chi connectivity index (χ0v) is 13.7. The molecule has 1 N–H and O–H groups in total. The van der Waals surface area contributed by atoms with E-state index >= 15 is 0 Å². The zero-order chi connectivity index (χ0) is 15.5. The molecule has 0 spiro atoms. The van der Waals surface area contributed by atoms with Gasteiger partial charge in [-0.2, -0.15) is 14.5 Å². The average molecular weight is 314 g/mol.